The lowest BCUT2D eigenvalue weighted by molar-refractivity contribution is -0.142. The molecule has 1 heterocycles. The van der Waals surface area contributed by atoms with E-state index in [0.717, 1.165) is 19.3 Å². The van der Waals surface area contributed by atoms with Gasteiger partial charge in [0.05, 0.1) is 17.6 Å². The Morgan fingerprint density at radius 3 is 2.85 bits per heavy atom. The number of carboxylic acids is 1. The third kappa shape index (κ3) is 3.53. The van der Waals surface area contributed by atoms with Gasteiger partial charge in [0, 0.05) is 0 Å². The molecule has 5 nitrogen and oxygen atoms in total. The fourth-order valence-corrected chi connectivity index (χ4v) is 3.34. The summed E-state index contributed by atoms with van der Waals surface area (Å²) in [5.74, 6) is 1.08. The number of carbonyl (C=O) groups is 1. The van der Waals surface area contributed by atoms with Gasteiger partial charge in [-0.15, -0.1) is 0 Å². The summed E-state index contributed by atoms with van der Waals surface area (Å²) in [6, 6.07) is 0. The largest absolute Gasteiger partial charge is 0.481 e. The number of hydrogen-bond donors (Lipinski definition) is 1. The Morgan fingerprint density at radius 1 is 1.50 bits per heavy atom. The first-order valence-corrected chi connectivity index (χ1v) is 8.23. The highest BCUT2D eigenvalue weighted by atomic mass is 32.2. The molecule has 0 radical (unpaired) electrons. The smallest absolute Gasteiger partial charge is 0.307 e. The topological polar surface area (TPSA) is 76.2 Å². The van der Waals surface area contributed by atoms with Crippen molar-refractivity contribution in [3.63, 3.8) is 0 Å². The van der Waals surface area contributed by atoms with Crippen LogP contribution in [0.15, 0.2) is 4.52 Å². The maximum absolute atomic E-state index is 11.4. The minimum Gasteiger partial charge on any atom is -0.481 e. The number of carboxylic acid groups (broad SMARTS) is 1. The number of hydrogen-bond acceptors (Lipinski definition) is 5. The van der Waals surface area contributed by atoms with Crippen LogP contribution in [0.2, 0.25) is 0 Å². The van der Waals surface area contributed by atoms with Crippen molar-refractivity contribution in [2.24, 2.45) is 11.8 Å². The van der Waals surface area contributed by atoms with Crippen LogP contribution in [0, 0.1) is 11.8 Å². The summed E-state index contributed by atoms with van der Waals surface area (Å²) in [6.07, 6.45) is 2.56. The number of aliphatic carboxylic acids is 1. The molecule has 0 aliphatic heterocycles. The van der Waals surface area contributed by atoms with E-state index in [1.165, 1.54) is 0 Å². The maximum atomic E-state index is 11.4. The van der Waals surface area contributed by atoms with Crippen LogP contribution in [0.5, 0.6) is 0 Å². The number of aromatic nitrogens is 2. The molecule has 3 atom stereocenters. The molecule has 0 amide bonds. The fraction of sp³-hybridized carbons (Fsp3) is 0.786. The Labute approximate surface area is 123 Å². The molecule has 1 aliphatic carbocycles. The summed E-state index contributed by atoms with van der Waals surface area (Å²) < 4.78 is 5.32. The van der Waals surface area contributed by atoms with E-state index in [9.17, 15) is 9.90 Å². The molecule has 0 spiro atoms. The SMILES string of the molecule is CCC1CC(C(=O)O)C(c2nc(CSC(C)C)no2)C1. The van der Waals surface area contributed by atoms with Crippen molar-refractivity contribution in [2.45, 2.75) is 57.0 Å². The summed E-state index contributed by atoms with van der Waals surface area (Å²) in [6.45, 7) is 6.34. The Kier molecular flexibility index (Phi) is 5.07. The Balaban J connectivity index is 2.07. The van der Waals surface area contributed by atoms with Crippen molar-refractivity contribution in [3.05, 3.63) is 11.7 Å². The summed E-state index contributed by atoms with van der Waals surface area (Å²) in [5, 5.41) is 13.8. The summed E-state index contributed by atoms with van der Waals surface area (Å²) >= 11 is 1.75. The highest BCUT2D eigenvalue weighted by molar-refractivity contribution is 7.99. The van der Waals surface area contributed by atoms with Crippen molar-refractivity contribution in [1.82, 2.24) is 10.1 Å². The van der Waals surface area contributed by atoms with Crippen LogP contribution in [-0.2, 0) is 10.5 Å². The Bertz CT molecular complexity index is 461. The van der Waals surface area contributed by atoms with Gasteiger partial charge in [0.15, 0.2) is 5.82 Å². The Hall–Kier alpha value is -1.04. The third-order valence-corrected chi connectivity index (χ3v) is 4.99. The van der Waals surface area contributed by atoms with E-state index >= 15 is 0 Å². The zero-order valence-corrected chi connectivity index (χ0v) is 13.0. The number of thioether (sulfide) groups is 1. The molecular formula is C14H22N2O3S. The molecule has 1 saturated carbocycles. The highest BCUT2D eigenvalue weighted by Crippen LogP contribution is 2.44. The van der Waals surface area contributed by atoms with Crippen LogP contribution in [-0.4, -0.2) is 26.5 Å². The third-order valence-electron chi connectivity index (χ3n) is 3.90. The molecule has 1 aromatic rings. The van der Waals surface area contributed by atoms with Gasteiger partial charge in [-0.3, -0.25) is 4.79 Å². The van der Waals surface area contributed by atoms with Crippen molar-refractivity contribution in [1.29, 1.82) is 0 Å². The van der Waals surface area contributed by atoms with E-state index in [-0.39, 0.29) is 11.8 Å². The molecule has 0 bridgehead atoms. The minimum absolute atomic E-state index is 0.122. The predicted octanol–water partition coefficient (Wildman–Crippen LogP) is 3.32. The van der Waals surface area contributed by atoms with Gasteiger partial charge >= 0.3 is 5.97 Å². The molecule has 3 unspecified atom stereocenters. The van der Waals surface area contributed by atoms with Crippen molar-refractivity contribution >= 4 is 17.7 Å². The zero-order valence-electron chi connectivity index (χ0n) is 12.2. The molecule has 1 N–H and O–H groups in total. The van der Waals surface area contributed by atoms with Gasteiger partial charge in [-0.1, -0.05) is 32.3 Å². The molecule has 112 valence electrons. The standard InChI is InChI=1S/C14H22N2O3S/c1-4-9-5-10(11(6-9)14(17)18)13-15-12(16-19-13)7-20-8(2)3/h8-11H,4-7H2,1-3H3,(H,17,18). The van der Waals surface area contributed by atoms with Crippen molar-refractivity contribution in [3.8, 4) is 0 Å². The van der Waals surface area contributed by atoms with Gasteiger partial charge in [-0.2, -0.15) is 16.7 Å². The van der Waals surface area contributed by atoms with Gasteiger partial charge < -0.3 is 9.63 Å². The molecule has 0 aromatic carbocycles. The van der Waals surface area contributed by atoms with Crippen LogP contribution in [0.1, 0.15) is 57.7 Å². The number of rotatable bonds is 6. The van der Waals surface area contributed by atoms with Gasteiger partial charge in [-0.05, 0) is 24.0 Å². The normalized spacial score (nSPS) is 26.3. The Morgan fingerprint density at radius 2 is 2.25 bits per heavy atom. The number of nitrogens with zero attached hydrogens (tertiary/aromatic N) is 2. The second-order valence-electron chi connectivity index (χ2n) is 5.71. The lowest BCUT2D eigenvalue weighted by Crippen LogP contribution is -2.17. The first kappa shape index (κ1) is 15.4. The predicted molar refractivity (Wildman–Crippen MR) is 77.6 cm³/mol. The minimum atomic E-state index is -0.748. The lowest BCUT2D eigenvalue weighted by Gasteiger charge is -2.09. The van der Waals surface area contributed by atoms with Crippen LogP contribution in [0.25, 0.3) is 0 Å². The summed E-state index contributed by atoms with van der Waals surface area (Å²) in [7, 11) is 0. The van der Waals surface area contributed by atoms with Crippen LogP contribution in [0.3, 0.4) is 0 Å². The average Bonchev–Trinajstić information content (AvgIpc) is 3.02. The summed E-state index contributed by atoms with van der Waals surface area (Å²) in [5.41, 5.74) is 0. The zero-order chi connectivity index (χ0) is 14.7. The molecule has 1 fully saturated rings. The van der Waals surface area contributed by atoms with Gasteiger partial charge in [0.25, 0.3) is 0 Å². The van der Waals surface area contributed by atoms with Crippen LogP contribution in [0.4, 0.5) is 0 Å². The second kappa shape index (κ2) is 6.61. The molecule has 6 heteroatoms. The molecular weight excluding hydrogens is 276 g/mol. The second-order valence-corrected chi connectivity index (χ2v) is 7.27. The molecule has 2 rings (SSSR count). The molecule has 20 heavy (non-hydrogen) atoms. The fourth-order valence-electron chi connectivity index (χ4n) is 2.74. The quantitative estimate of drug-likeness (QED) is 0.868. The van der Waals surface area contributed by atoms with Crippen molar-refractivity contribution in [2.75, 3.05) is 0 Å². The van der Waals surface area contributed by atoms with E-state index < -0.39 is 5.97 Å². The monoisotopic (exact) mass is 298 g/mol. The highest BCUT2D eigenvalue weighted by Gasteiger charge is 2.41. The lowest BCUT2D eigenvalue weighted by atomic mass is 9.96. The van der Waals surface area contributed by atoms with Gasteiger partial charge in [-0.25, -0.2) is 0 Å². The van der Waals surface area contributed by atoms with E-state index in [1.807, 2.05) is 0 Å². The maximum Gasteiger partial charge on any atom is 0.307 e. The van der Waals surface area contributed by atoms with E-state index in [1.54, 1.807) is 11.8 Å². The molecule has 1 aliphatic rings. The van der Waals surface area contributed by atoms with E-state index in [4.69, 9.17) is 4.52 Å². The summed E-state index contributed by atoms with van der Waals surface area (Å²) in [4.78, 5) is 15.8. The van der Waals surface area contributed by atoms with Crippen LogP contribution >= 0.6 is 11.8 Å². The first-order chi connectivity index (χ1) is 9.51. The molecule has 0 saturated heterocycles. The van der Waals surface area contributed by atoms with Crippen LogP contribution < -0.4 is 0 Å². The van der Waals surface area contributed by atoms with E-state index in [0.29, 0.717) is 28.6 Å². The average molecular weight is 298 g/mol. The first-order valence-electron chi connectivity index (χ1n) is 7.18. The molecule has 1 aromatic heterocycles. The van der Waals surface area contributed by atoms with Gasteiger partial charge in [0.1, 0.15) is 0 Å². The van der Waals surface area contributed by atoms with Crippen molar-refractivity contribution < 1.29 is 14.4 Å². The van der Waals surface area contributed by atoms with E-state index in [2.05, 4.69) is 30.9 Å². The van der Waals surface area contributed by atoms with Gasteiger partial charge in [0.2, 0.25) is 5.89 Å².